The summed E-state index contributed by atoms with van der Waals surface area (Å²) in [4.78, 5) is 4.06. The van der Waals surface area contributed by atoms with E-state index in [0.29, 0.717) is 15.7 Å². The van der Waals surface area contributed by atoms with Gasteiger partial charge in [0.2, 0.25) is 0 Å². The van der Waals surface area contributed by atoms with Crippen LogP contribution in [0.1, 0.15) is 24.9 Å². The summed E-state index contributed by atoms with van der Waals surface area (Å²) in [5, 5.41) is 5.50. The Labute approximate surface area is 91.4 Å². The van der Waals surface area contributed by atoms with Crippen molar-refractivity contribution in [3.63, 3.8) is 0 Å². The van der Waals surface area contributed by atoms with E-state index >= 15 is 0 Å². The van der Waals surface area contributed by atoms with Crippen LogP contribution in [0.3, 0.4) is 0 Å². The molecule has 2 heterocycles. The van der Waals surface area contributed by atoms with Crippen molar-refractivity contribution >= 4 is 29.5 Å². The van der Waals surface area contributed by atoms with Crippen molar-refractivity contribution < 1.29 is 4.52 Å². The lowest BCUT2D eigenvalue weighted by molar-refractivity contribution is 0.427. The molecule has 0 radical (unpaired) electrons. The fraction of sp³-hybridized carbons (Fsp3) is 0.750. The first kappa shape index (κ1) is 10.2. The van der Waals surface area contributed by atoms with Crippen LogP contribution in [0.15, 0.2) is 4.52 Å². The third-order valence-electron chi connectivity index (χ3n) is 2.30. The number of nitrogens with two attached hydrogens (primary N) is 1. The highest BCUT2D eigenvalue weighted by Gasteiger charge is 2.29. The van der Waals surface area contributed by atoms with Crippen LogP contribution in [0.25, 0.3) is 0 Å². The molecular formula is C8H13N3OS2. The molecule has 3 atom stereocenters. The monoisotopic (exact) mass is 231 g/mol. The fourth-order valence-electron chi connectivity index (χ4n) is 1.30. The number of rotatable bonds is 1. The van der Waals surface area contributed by atoms with Gasteiger partial charge in [-0.05, 0) is 0 Å². The highest BCUT2D eigenvalue weighted by molar-refractivity contribution is 8.07. The summed E-state index contributed by atoms with van der Waals surface area (Å²) < 4.78 is 4.77. The molecule has 1 saturated heterocycles. The van der Waals surface area contributed by atoms with Gasteiger partial charge >= 0.3 is 6.01 Å². The van der Waals surface area contributed by atoms with Crippen LogP contribution >= 0.6 is 23.5 Å². The van der Waals surface area contributed by atoms with Gasteiger partial charge in [-0.15, -0.1) is 11.8 Å². The molecule has 1 fully saturated rings. The molecule has 3 unspecified atom stereocenters. The molecule has 0 bridgehead atoms. The van der Waals surface area contributed by atoms with Crippen molar-refractivity contribution in [1.29, 1.82) is 0 Å². The Morgan fingerprint density at radius 1 is 1.43 bits per heavy atom. The number of nitrogen functional groups attached to an aromatic ring is 1. The molecule has 0 aromatic carbocycles. The number of hydrogen-bond acceptors (Lipinski definition) is 6. The van der Waals surface area contributed by atoms with Gasteiger partial charge in [-0.1, -0.05) is 19.0 Å². The van der Waals surface area contributed by atoms with Gasteiger partial charge in [-0.25, -0.2) is 0 Å². The van der Waals surface area contributed by atoms with Gasteiger partial charge < -0.3 is 10.3 Å². The Bertz CT molecular complexity index is 317. The summed E-state index contributed by atoms with van der Waals surface area (Å²) >= 11 is 3.85. The van der Waals surface area contributed by atoms with E-state index in [9.17, 15) is 0 Å². The van der Waals surface area contributed by atoms with E-state index in [0.717, 1.165) is 11.6 Å². The van der Waals surface area contributed by atoms with Crippen molar-refractivity contribution in [2.45, 2.75) is 29.6 Å². The smallest absolute Gasteiger partial charge is 0.318 e. The molecule has 6 heteroatoms. The maximum absolute atomic E-state index is 5.39. The summed E-state index contributed by atoms with van der Waals surface area (Å²) in [6, 6.07) is 0.164. The minimum atomic E-state index is 0.164. The topological polar surface area (TPSA) is 64.9 Å². The second-order valence-corrected chi connectivity index (χ2v) is 6.35. The van der Waals surface area contributed by atoms with E-state index < -0.39 is 0 Å². The van der Waals surface area contributed by atoms with Crippen molar-refractivity contribution in [3.05, 3.63) is 5.82 Å². The van der Waals surface area contributed by atoms with Gasteiger partial charge in [0.1, 0.15) is 0 Å². The van der Waals surface area contributed by atoms with Crippen LogP contribution in [0, 0.1) is 0 Å². The highest BCUT2D eigenvalue weighted by Crippen LogP contribution is 2.43. The van der Waals surface area contributed by atoms with Gasteiger partial charge in [0.05, 0.1) is 5.25 Å². The largest absolute Gasteiger partial charge is 0.351 e. The minimum Gasteiger partial charge on any atom is -0.351 e. The van der Waals surface area contributed by atoms with Crippen LogP contribution in [-0.4, -0.2) is 26.4 Å². The van der Waals surface area contributed by atoms with Gasteiger partial charge in [-0.2, -0.15) is 16.7 Å². The first-order valence-electron chi connectivity index (χ1n) is 4.53. The lowest BCUT2D eigenvalue weighted by Crippen LogP contribution is -2.22. The molecule has 1 aromatic heterocycles. The molecule has 14 heavy (non-hydrogen) atoms. The van der Waals surface area contributed by atoms with Gasteiger partial charge in [0.15, 0.2) is 5.82 Å². The lowest BCUT2D eigenvalue weighted by atomic mass is 10.3. The van der Waals surface area contributed by atoms with Crippen molar-refractivity contribution in [2.75, 3.05) is 11.5 Å². The molecule has 4 nitrogen and oxygen atoms in total. The first-order chi connectivity index (χ1) is 6.66. The third kappa shape index (κ3) is 2.00. The van der Waals surface area contributed by atoms with Crippen LogP contribution in [-0.2, 0) is 0 Å². The van der Waals surface area contributed by atoms with Gasteiger partial charge in [0.25, 0.3) is 0 Å². The average Bonchev–Trinajstić information content (AvgIpc) is 2.57. The van der Waals surface area contributed by atoms with Crippen molar-refractivity contribution in [2.24, 2.45) is 0 Å². The minimum absolute atomic E-state index is 0.164. The van der Waals surface area contributed by atoms with Gasteiger partial charge in [0, 0.05) is 16.3 Å². The van der Waals surface area contributed by atoms with Crippen molar-refractivity contribution in [3.8, 4) is 0 Å². The summed E-state index contributed by atoms with van der Waals surface area (Å²) in [7, 11) is 0. The molecule has 0 saturated carbocycles. The highest BCUT2D eigenvalue weighted by atomic mass is 32.2. The maximum Gasteiger partial charge on any atom is 0.318 e. The standard InChI is InChI=1S/C8H13N3OS2/c1-4-5(2)14-6(3-13-4)7-10-8(9)12-11-7/h4-6H,3H2,1-2H3,(H2,9,10,11). The Hall–Kier alpha value is -0.360. The summed E-state index contributed by atoms with van der Waals surface area (Å²) in [5.41, 5.74) is 5.39. The average molecular weight is 231 g/mol. The zero-order valence-corrected chi connectivity index (χ0v) is 9.77. The first-order valence-corrected chi connectivity index (χ1v) is 6.52. The number of hydrogen-bond donors (Lipinski definition) is 1. The quantitative estimate of drug-likeness (QED) is 0.797. The molecule has 0 aliphatic carbocycles. The van der Waals surface area contributed by atoms with Crippen molar-refractivity contribution in [1.82, 2.24) is 10.1 Å². The van der Waals surface area contributed by atoms with E-state index in [4.69, 9.17) is 10.3 Å². The summed E-state index contributed by atoms with van der Waals surface area (Å²) in [6.45, 7) is 4.49. The van der Waals surface area contributed by atoms with E-state index in [1.807, 2.05) is 23.5 Å². The Kier molecular flexibility index (Phi) is 2.92. The molecule has 1 aromatic rings. The number of nitrogens with zero attached hydrogens (tertiary/aromatic N) is 2. The zero-order valence-electron chi connectivity index (χ0n) is 8.14. The molecule has 1 aliphatic rings. The van der Waals surface area contributed by atoms with Crippen LogP contribution in [0.2, 0.25) is 0 Å². The molecular weight excluding hydrogens is 218 g/mol. The third-order valence-corrected chi connectivity index (χ3v) is 5.68. The molecule has 1 aliphatic heterocycles. The van der Waals surface area contributed by atoms with Crippen LogP contribution in [0.4, 0.5) is 6.01 Å². The Morgan fingerprint density at radius 3 is 2.79 bits per heavy atom. The molecule has 2 rings (SSSR count). The molecule has 2 N–H and O–H groups in total. The second kappa shape index (κ2) is 4.02. The van der Waals surface area contributed by atoms with Gasteiger partial charge in [-0.3, -0.25) is 0 Å². The predicted octanol–water partition coefficient (Wildman–Crippen LogP) is 1.95. The number of aromatic nitrogens is 2. The fourth-order valence-corrected chi connectivity index (χ4v) is 4.13. The van der Waals surface area contributed by atoms with E-state index in [1.54, 1.807) is 0 Å². The normalized spacial score (nSPS) is 33.1. The number of anilines is 1. The molecule has 0 spiro atoms. The maximum atomic E-state index is 5.39. The van der Waals surface area contributed by atoms with E-state index in [-0.39, 0.29) is 6.01 Å². The predicted molar refractivity (Wildman–Crippen MR) is 60.4 cm³/mol. The van der Waals surface area contributed by atoms with Crippen LogP contribution in [0.5, 0.6) is 0 Å². The second-order valence-electron chi connectivity index (χ2n) is 3.36. The van der Waals surface area contributed by atoms with E-state index in [2.05, 4.69) is 24.0 Å². The lowest BCUT2D eigenvalue weighted by Gasteiger charge is -2.29. The number of thioether (sulfide) groups is 2. The van der Waals surface area contributed by atoms with Crippen LogP contribution < -0.4 is 5.73 Å². The molecule has 0 amide bonds. The summed E-state index contributed by atoms with van der Waals surface area (Å²) in [6.07, 6.45) is 0. The summed E-state index contributed by atoms with van der Waals surface area (Å²) in [5.74, 6) is 1.77. The van der Waals surface area contributed by atoms with E-state index in [1.165, 1.54) is 0 Å². The Morgan fingerprint density at radius 2 is 2.21 bits per heavy atom. The zero-order chi connectivity index (χ0) is 10.1. The SMILES string of the molecule is CC1SCC(c2noc(N)n2)SC1C. The Balaban J connectivity index is 2.06. The molecule has 78 valence electrons.